The van der Waals surface area contributed by atoms with Gasteiger partial charge in [-0.25, -0.2) is 23.1 Å². The van der Waals surface area contributed by atoms with Crippen LogP contribution in [0, 0.1) is 19.3 Å². The number of sulfonamides is 1. The lowest BCUT2D eigenvalue weighted by Gasteiger charge is -2.40. The molecule has 12 heteroatoms. The van der Waals surface area contributed by atoms with Gasteiger partial charge >= 0.3 is 0 Å². The zero-order valence-electron chi connectivity index (χ0n) is 27.7. The van der Waals surface area contributed by atoms with Crippen molar-refractivity contribution in [3.8, 4) is 17.1 Å². The maximum Gasteiger partial charge on any atom is 0.264 e. The number of aromatic nitrogens is 4. The highest BCUT2D eigenvalue weighted by molar-refractivity contribution is 7.92. The van der Waals surface area contributed by atoms with Gasteiger partial charge in [-0.1, -0.05) is 45.0 Å². The van der Waals surface area contributed by atoms with E-state index in [1.165, 1.54) is 12.1 Å². The molecule has 2 atom stereocenters. The van der Waals surface area contributed by atoms with E-state index >= 15 is 0 Å². The van der Waals surface area contributed by atoms with Crippen molar-refractivity contribution in [2.45, 2.75) is 77.9 Å². The van der Waals surface area contributed by atoms with Crippen molar-refractivity contribution in [3.63, 3.8) is 0 Å². The predicted octanol–water partition coefficient (Wildman–Crippen LogP) is 5.79. The number of ether oxygens (including phenoxy) is 1. The van der Waals surface area contributed by atoms with Crippen LogP contribution in [0.1, 0.15) is 67.7 Å². The molecule has 1 N–H and O–H groups in total. The van der Waals surface area contributed by atoms with E-state index in [1.807, 2.05) is 32.0 Å². The molecule has 4 aromatic rings. The summed E-state index contributed by atoms with van der Waals surface area (Å²) in [5.41, 5.74) is 4.03. The van der Waals surface area contributed by atoms with Crippen LogP contribution in [0.4, 0.5) is 11.8 Å². The number of nitrogens with zero attached hydrogens (tertiary/aromatic N) is 6. The summed E-state index contributed by atoms with van der Waals surface area (Å²) in [4.78, 5) is 36.7. The Kier molecular flexibility index (Phi) is 8.64. The number of amides is 1. The van der Waals surface area contributed by atoms with Gasteiger partial charge in [0.15, 0.2) is 0 Å². The zero-order valence-corrected chi connectivity index (χ0v) is 28.5. The molecule has 2 aromatic heterocycles. The van der Waals surface area contributed by atoms with Crippen LogP contribution in [-0.4, -0.2) is 64.4 Å². The molecule has 0 saturated carbocycles. The molecular formula is C35H41N7O4S. The molecule has 2 aliphatic heterocycles. The second kappa shape index (κ2) is 12.6. The summed E-state index contributed by atoms with van der Waals surface area (Å²) < 4.78 is 36.2. The van der Waals surface area contributed by atoms with Crippen LogP contribution in [0.2, 0.25) is 0 Å². The van der Waals surface area contributed by atoms with Gasteiger partial charge in [0.05, 0.1) is 41.3 Å². The highest BCUT2D eigenvalue weighted by Gasteiger charge is 2.32. The first-order chi connectivity index (χ1) is 22.3. The maximum atomic E-state index is 14.4. The summed E-state index contributed by atoms with van der Waals surface area (Å²) in [6.45, 7) is 13.6. The second-order valence-corrected chi connectivity index (χ2v) is 15.4. The van der Waals surface area contributed by atoms with Gasteiger partial charge in [0.1, 0.15) is 12.4 Å². The van der Waals surface area contributed by atoms with E-state index in [1.54, 1.807) is 35.5 Å². The minimum Gasteiger partial charge on any atom is -0.475 e. The molecule has 0 spiro atoms. The Bertz CT molecular complexity index is 1910. The molecule has 1 amide bonds. The van der Waals surface area contributed by atoms with Gasteiger partial charge in [0.25, 0.3) is 15.9 Å². The standard InChI is InChI=1S/C35H41N7O4S/c1-22-9-7-10-23(2)32(22)29-16-31-39-34(38-29)40-47(44,45)28-12-8-11-25(15-28)33(43)42(27(21-46-31)17-35(4,5)6)20-26-18-36-19-30(37-26)41-14-13-24(41)3/h7-12,15-16,18-19,24,27H,13-14,17,20-21H2,1-6H3,(H,38,39,40)/t24-,27-/m1/s1. The summed E-state index contributed by atoms with van der Waals surface area (Å²) in [6, 6.07) is 13.6. The molecule has 0 unspecified atom stereocenters. The third-order valence-electron chi connectivity index (χ3n) is 8.65. The monoisotopic (exact) mass is 655 g/mol. The van der Waals surface area contributed by atoms with Gasteiger partial charge in [0.2, 0.25) is 11.8 Å². The highest BCUT2D eigenvalue weighted by atomic mass is 32.2. The fourth-order valence-corrected chi connectivity index (χ4v) is 7.18. The van der Waals surface area contributed by atoms with Crippen LogP contribution < -0.4 is 14.4 Å². The van der Waals surface area contributed by atoms with E-state index in [9.17, 15) is 13.2 Å². The lowest BCUT2D eigenvalue weighted by Crippen LogP contribution is -2.47. The molecule has 2 aliphatic rings. The summed E-state index contributed by atoms with van der Waals surface area (Å²) in [7, 11) is -4.17. The summed E-state index contributed by atoms with van der Waals surface area (Å²) in [6.07, 6.45) is 5.10. The van der Waals surface area contributed by atoms with Crippen molar-refractivity contribution in [1.82, 2.24) is 24.8 Å². The molecular weight excluding hydrogens is 614 g/mol. The molecule has 246 valence electrons. The molecule has 2 aromatic carbocycles. The number of fused-ring (bicyclic) bond motifs is 4. The van der Waals surface area contributed by atoms with Crippen molar-refractivity contribution in [2.24, 2.45) is 5.41 Å². The van der Waals surface area contributed by atoms with E-state index in [0.717, 1.165) is 35.5 Å². The average Bonchev–Trinajstić information content (AvgIpc) is 3.00. The van der Waals surface area contributed by atoms with E-state index in [4.69, 9.17) is 9.72 Å². The van der Waals surface area contributed by atoms with Crippen LogP contribution in [0.5, 0.6) is 5.88 Å². The molecule has 1 fully saturated rings. The first-order valence-corrected chi connectivity index (χ1v) is 17.4. The van der Waals surface area contributed by atoms with Crippen molar-refractivity contribution in [2.75, 3.05) is 22.8 Å². The molecule has 6 rings (SSSR count). The van der Waals surface area contributed by atoms with Gasteiger partial charge < -0.3 is 14.5 Å². The highest BCUT2D eigenvalue weighted by Crippen LogP contribution is 2.32. The lowest BCUT2D eigenvalue weighted by molar-refractivity contribution is 0.0509. The Morgan fingerprint density at radius 1 is 1.00 bits per heavy atom. The third-order valence-corrected chi connectivity index (χ3v) is 9.97. The van der Waals surface area contributed by atoms with Gasteiger partial charge in [-0.15, -0.1) is 0 Å². The molecule has 4 heterocycles. The number of rotatable bonds is 5. The smallest absolute Gasteiger partial charge is 0.264 e. The lowest BCUT2D eigenvalue weighted by atomic mass is 9.87. The number of nitrogens with one attached hydrogen (secondary N) is 1. The first-order valence-electron chi connectivity index (χ1n) is 15.9. The van der Waals surface area contributed by atoms with E-state index in [-0.39, 0.29) is 46.8 Å². The second-order valence-electron chi connectivity index (χ2n) is 13.7. The Labute approximate surface area is 276 Å². The first kappa shape index (κ1) is 32.4. The van der Waals surface area contributed by atoms with Crippen molar-refractivity contribution >= 4 is 27.7 Å². The van der Waals surface area contributed by atoms with Crippen LogP contribution in [0.15, 0.2) is 65.8 Å². The number of hydrogen-bond donors (Lipinski definition) is 1. The van der Waals surface area contributed by atoms with Gasteiger partial charge in [0, 0.05) is 29.8 Å². The van der Waals surface area contributed by atoms with E-state index in [2.05, 4.69) is 52.3 Å². The van der Waals surface area contributed by atoms with Gasteiger partial charge in [-0.3, -0.25) is 9.78 Å². The molecule has 11 nitrogen and oxygen atoms in total. The summed E-state index contributed by atoms with van der Waals surface area (Å²) in [5, 5.41) is 0. The minimum absolute atomic E-state index is 0.0768. The van der Waals surface area contributed by atoms with Gasteiger partial charge in [-0.05, 0) is 68.4 Å². The van der Waals surface area contributed by atoms with Crippen LogP contribution in [-0.2, 0) is 16.6 Å². The van der Waals surface area contributed by atoms with Crippen molar-refractivity contribution in [3.05, 3.63) is 83.3 Å². The largest absolute Gasteiger partial charge is 0.475 e. The number of aryl methyl sites for hydroxylation is 2. The average molecular weight is 656 g/mol. The van der Waals surface area contributed by atoms with Gasteiger partial charge in [-0.2, -0.15) is 4.98 Å². The maximum absolute atomic E-state index is 14.4. The third kappa shape index (κ3) is 7.07. The van der Waals surface area contributed by atoms with E-state index < -0.39 is 16.1 Å². The Hall–Kier alpha value is -4.58. The molecule has 4 bridgehead atoms. The predicted molar refractivity (Wildman–Crippen MR) is 181 cm³/mol. The number of hydrogen-bond acceptors (Lipinski definition) is 9. The van der Waals surface area contributed by atoms with Crippen LogP contribution in [0.3, 0.4) is 0 Å². The molecule has 0 aliphatic carbocycles. The Morgan fingerprint density at radius 2 is 1.74 bits per heavy atom. The molecule has 1 saturated heterocycles. The number of carbonyl (C=O) groups is 1. The quantitative estimate of drug-likeness (QED) is 0.284. The topological polar surface area (TPSA) is 131 Å². The SMILES string of the molecule is Cc1cccc(C)c1-c1cc2nc(n1)NS(=O)(=O)c1cccc(c1)C(=O)N(Cc1cncc(N3CC[C@H]3C)n1)[C@H](CC(C)(C)C)CO2. The molecule has 47 heavy (non-hydrogen) atoms. The molecule has 0 radical (unpaired) electrons. The number of carbonyl (C=O) groups excluding carboxylic acids is 1. The van der Waals surface area contributed by atoms with Crippen LogP contribution in [0.25, 0.3) is 11.3 Å². The Morgan fingerprint density at radius 3 is 2.43 bits per heavy atom. The number of benzene rings is 2. The van der Waals surface area contributed by atoms with Crippen molar-refractivity contribution < 1.29 is 17.9 Å². The summed E-state index contributed by atoms with van der Waals surface area (Å²) in [5.74, 6) is 0.515. The van der Waals surface area contributed by atoms with Crippen molar-refractivity contribution in [1.29, 1.82) is 0 Å². The fraction of sp³-hybridized carbons (Fsp3) is 0.400. The zero-order chi connectivity index (χ0) is 33.5. The normalized spacial score (nSPS) is 19.4. The van der Waals surface area contributed by atoms with Crippen LogP contribution >= 0.6 is 0 Å². The minimum atomic E-state index is -4.17. The fourth-order valence-electron chi connectivity index (χ4n) is 6.19. The van der Waals surface area contributed by atoms with E-state index in [0.29, 0.717) is 23.9 Å². The number of anilines is 2. The Balaban J connectivity index is 1.47. The summed E-state index contributed by atoms with van der Waals surface area (Å²) >= 11 is 0.